The lowest BCUT2D eigenvalue weighted by Crippen LogP contribution is -2.24. The molecule has 31 heavy (non-hydrogen) atoms. The van der Waals surface area contributed by atoms with Gasteiger partial charge in [-0.1, -0.05) is 130 Å². The summed E-state index contributed by atoms with van der Waals surface area (Å²) in [5, 5.41) is 0. The summed E-state index contributed by atoms with van der Waals surface area (Å²) in [6.07, 6.45) is 24.9. The van der Waals surface area contributed by atoms with Gasteiger partial charge in [0.25, 0.3) is 0 Å². The number of unbranched alkanes of at least 4 members (excludes halogenated alkanes) is 16. The number of phosphoric acid groups is 2. The second kappa shape index (κ2) is 30.2. The summed E-state index contributed by atoms with van der Waals surface area (Å²) >= 11 is 0. The van der Waals surface area contributed by atoms with Gasteiger partial charge in [0, 0.05) is 0 Å². The molecule has 0 amide bonds. The molecule has 0 spiro atoms. The Labute approximate surface area is 190 Å². The van der Waals surface area contributed by atoms with E-state index in [4.69, 9.17) is 38.5 Å². The Morgan fingerprint density at radius 3 is 0.613 bits per heavy atom. The van der Waals surface area contributed by atoms with Crippen LogP contribution in [0.5, 0.6) is 0 Å². The Hall–Kier alpha value is 0.180. The monoisotopic (exact) mass is 492 g/mol. The van der Waals surface area contributed by atoms with Crippen molar-refractivity contribution in [2.45, 2.75) is 130 Å². The Balaban J connectivity index is -0.000000157. The first-order valence-electron chi connectivity index (χ1n) is 10.9. The SMILES string of the molecule is C.CCCCCCCCCCCCCCCCCCC.O.O=P([O-])([O-])[O-].O=P([O-])([O-])[O-]. The molecular weight excluding hydrogens is 446 g/mol. The Morgan fingerprint density at radius 2 is 0.516 bits per heavy atom. The average Bonchev–Trinajstić information content (AvgIpc) is 2.55. The van der Waals surface area contributed by atoms with Gasteiger partial charge in [-0.25, -0.2) is 0 Å². The van der Waals surface area contributed by atoms with Gasteiger partial charge in [0.1, 0.15) is 0 Å². The molecule has 9 nitrogen and oxygen atoms in total. The van der Waals surface area contributed by atoms with E-state index < -0.39 is 15.6 Å². The van der Waals surface area contributed by atoms with Crippen molar-refractivity contribution < 1.29 is 44.0 Å². The minimum atomic E-state index is -5.39. The zero-order valence-electron chi connectivity index (χ0n) is 18.7. The molecule has 0 aromatic carbocycles. The minimum absolute atomic E-state index is 0. The Morgan fingerprint density at radius 1 is 0.419 bits per heavy atom. The van der Waals surface area contributed by atoms with Crippen molar-refractivity contribution in [3.8, 4) is 0 Å². The van der Waals surface area contributed by atoms with Crippen LogP contribution in [0.1, 0.15) is 130 Å². The van der Waals surface area contributed by atoms with Crippen LogP contribution in [0.25, 0.3) is 0 Å². The van der Waals surface area contributed by atoms with E-state index in [0.29, 0.717) is 0 Å². The van der Waals surface area contributed by atoms with Crippen LogP contribution in [0.3, 0.4) is 0 Å². The third kappa shape index (κ3) is 91.5. The highest BCUT2D eigenvalue weighted by atomic mass is 31.2. The van der Waals surface area contributed by atoms with Crippen LogP contribution in [-0.2, 0) is 9.13 Å². The van der Waals surface area contributed by atoms with Crippen LogP contribution < -0.4 is 29.4 Å². The van der Waals surface area contributed by atoms with Gasteiger partial charge in [-0.2, -0.15) is 15.6 Å². The molecule has 0 atom stereocenters. The molecule has 0 aliphatic heterocycles. The van der Waals surface area contributed by atoms with E-state index in [-0.39, 0.29) is 12.9 Å². The maximum absolute atomic E-state index is 8.55. The van der Waals surface area contributed by atoms with Crippen molar-refractivity contribution in [1.29, 1.82) is 0 Å². The normalized spacial score (nSPS) is 10.6. The largest absolute Gasteiger partial charge is 0.822 e. The molecule has 0 aliphatic carbocycles. The van der Waals surface area contributed by atoms with Crippen LogP contribution >= 0.6 is 15.6 Å². The fourth-order valence-corrected chi connectivity index (χ4v) is 2.80. The predicted octanol–water partition coefficient (Wildman–Crippen LogP) is 1.82. The molecule has 0 unspecified atom stereocenters. The molecule has 2 N–H and O–H groups in total. The van der Waals surface area contributed by atoms with Crippen molar-refractivity contribution in [2.75, 3.05) is 0 Å². The highest BCUT2D eigenvalue weighted by Gasteiger charge is 1.94. The van der Waals surface area contributed by atoms with E-state index in [1.54, 1.807) is 0 Å². The maximum Gasteiger partial charge on any atom is -0.0533 e. The quantitative estimate of drug-likeness (QED) is 0.229. The molecule has 0 aromatic rings. The zero-order chi connectivity index (χ0) is 23.0. The second-order valence-corrected chi connectivity index (χ2v) is 8.99. The first-order valence-corrected chi connectivity index (χ1v) is 13.8. The van der Waals surface area contributed by atoms with E-state index in [1.807, 2.05) is 0 Å². The van der Waals surface area contributed by atoms with Gasteiger partial charge in [0.15, 0.2) is 0 Å². The highest BCUT2D eigenvalue weighted by Crippen LogP contribution is 2.13. The fourth-order valence-electron chi connectivity index (χ4n) is 2.80. The lowest BCUT2D eigenvalue weighted by atomic mass is 10.0. The molecule has 11 heteroatoms. The second-order valence-electron chi connectivity index (χ2n) is 7.20. The van der Waals surface area contributed by atoms with Gasteiger partial charge in [-0.05, 0) is 0 Å². The van der Waals surface area contributed by atoms with Crippen LogP contribution in [-0.4, -0.2) is 5.48 Å². The van der Waals surface area contributed by atoms with E-state index in [2.05, 4.69) is 13.8 Å². The highest BCUT2D eigenvalue weighted by molar-refractivity contribution is 7.40. The van der Waals surface area contributed by atoms with Crippen molar-refractivity contribution in [1.82, 2.24) is 0 Å². The zero-order valence-corrected chi connectivity index (χ0v) is 20.5. The van der Waals surface area contributed by atoms with Crippen molar-refractivity contribution in [3.63, 3.8) is 0 Å². The standard InChI is InChI=1S/C19H40.CH4.2H3O4P.H2O/c1-3-5-7-9-11-13-15-17-19-18-16-14-12-10-8-6-4-2;;2*1-5(2,3)4;/h3-19H2,1-2H3;1H4;2*(H3,1,2,3,4);1H2/p-6. The van der Waals surface area contributed by atoms with Gasteiger partial charge < -0.3 is 44.0 Å². The predicted molar refractivity (Wildman–Crippen MR) is 115 cm³/mol. The van der Waals surface area contributed by atoms with Gasteiger partial charge >= 0.3 is 0 Å². The van der Waals surface area contributed by atoms with Crippen LogP contribution in [0.2, 0.25) is 0 Å². The first-order chi connectivity index (χ1) is 13.4. The molecule has 0 saturated carbocycles. The van der Waals surface area contributed by atoms with Crippen molar-refractivity contribution >= 4 is 15.6 Å². The summed E-state index contributed by atoms with van der Waals surface area (Å²) in [6.45, 7) is 4.59. The molecule has 0 bridgehead atoms. The van der Waals surface area contributed by atoms with E-state index in [0.717, 1.165) is 0 Å². The van der Waals surface area contributed by atoms with Crippen LogP contribution in [0.15, 0.2) is 0 Å². The molecule has 0 aliphatic rings. The van der Waals surface area contributed by atoms with E-state index >= 15 is 0 Å². The maximum atomic E-state index is 8.55. The van der Waals surface area contributed by atoms with Gasteiger partial charge in [0.05, 0.1) is 0 Å². The molecule has 0 fully saturated rings. The molecule has 0 aromatic heterocycles. The van der Waals surface area contributed by atoms with Gasteiger partial charge in [-0.3, -0.25) is 0 Å². The number of hydrogen-bond donors (Lipinski definition) is 0. The topological polar surface area (TPSA) is 204 Å². The Kier molecular flexibility index (Phi) is 40.3. The molecule has 0 rings (SSSR count). The van der Waals surface area contributed by atoms with Crippen molar-refractivity contribution in [3.05, 3.63) is 0 Å². The number of rotatable bonds is 16. The lowest BCUT2D eigenvalue weighted by Gasteiger charge is -2.36. The fraction of sp³-hybridized carbons (Fsp3) is 1.00. The van der Waals surface area contributed by atoms with E-state index in [9.17, 15) is 0 Å². The lowest BCUT2D eigenvalue weighted by molar-refractivity contribution is -0.434. The van der Waals surface area contributed by atoms with Crippen molar-refractivity contribution in [2.24, 2.45) is 0 Å². The molecule has 0 radical (unpaired) electrons. The van der Waals surface area contributed by atoms with Gasteiger partial charge in [-0.15, -0.1) is 0 Å². The van der Waals surface area contributed by atoms with Crippen LogP contribution in [0.4, 0.5) is 0 Å². The minimum Gasteiger partial charge on any atom is -0.822 e. The summed E-state index contributed by atoms with van der Waals surface area (Å²) < 4.78 is 17.1. The van der Waals surface area contributed by atoms with E-state index in [1.165, 1.54) is 109 Å². The van der Waals surface area contributed by atoms with Gasteiger partial charge in [0.2, 0.25) is 0 Å². The first kappa shape index (κ1) is 41.4. The summed E-state index contributed by atoms with van der Waals surface area (Å²) in [5.41, 5.74) is 0. The summed E-state index contributed by atoms with van der Waals surface area (Å²) in [6, 6.07) is 0. The smallest absolute Gasteiger partial charge is 0.0533 e. The van der Waals surface area contributed by atoms with Crippen LogP contribution in [0, 0.1) is 0 Å². The molecule has 0 heterocycles. The molecule has 0 saturated heterocycles. The summed E-state index contributed by atoms with van der Waals surface area (Å²) in [5.74, 6) is 0. The average molecular weight is 493 g/mol. The molecule has 196 valence electrons. The summed E-state index contributed by atoms with van der Waals surface area (Å²) in [7, 11) is -10.8. The Bertz CT molecular complexity index is 346. The third-order valence-electron chi connectivity index (χ3n) is 4.21. The number of hydrogen-bond acceptors (Lipinski definition) is 8. The third-order valence-corrected chi connectivity index (χ3v) is 4.21. The molecular formula is C20H46O9P2-6. The summed E-state index contributed by atoms with van der Waals surface area (Å²) in [4.78, 5) is 51.3.